The van der Waals surface area contributed by atoms with Crippen molar-refractivity contribution in [2.45, 2.75) is 43.7 Å². The van der Waals surface area contributed by atoms with Crippen LogP contribution in [0.25, 0.3) is 0 Å². The number of ether oxygens (including phenoxy) is 1. The molecule has 0 atom stereocenters. The van der Waals surface area contributed by atoms with Crippen LogP contribution in [-0.2, 0) is 26.0 Å². The Bertz CT molecular complexity index is 649. The molecule has 6 nitrogen and oxygen atoms in total. The zero-order valence-corrected chi connectivity index (χ0v) is 16.6. The Morgan fingerprint density at radius 3 is 2.72 bits per heavy atom. The van der Waals surface area contributed by atoms with E-state index in [0.717, 1.165) is 30.7 Å². The molecule has 0 aromatic carbocycles. The van der Waals surface area contributed by atoms with Gasteiger partial charge in [-0.1, -0.05) is 13.8 Å². The monoisotopic (exact) mass is 388 g/mol. The second kappa shape index (κ2) is 9.66. The van der Waals surface area contributed by atoms with Crippen LogP contribution in [0.4, 0.5) is 0 Å². The maximum absolute atomic E-state index is 12.5. The van der Waals surface area contributed by atoms with Crippen LogP contribution < -0.4 is 5.32 Å². The largest absolute Gasteiger partial charge is 0.381 e. The number of carbonyl (C=O) groups is 1. The molecule has 142 valence electrons. The maximum atomic E-state index is 12.5. The van der Waals surface area contributed by atoms with Gasteiger partial charge in [0, 0.05) is 37.7 Å². The van der Waals surface area contributed by atoms with Crippen LogP contribution in [0.15, 0.2) is 16.3 Å². The molecule has 1 N–H and O–H groups in total. The van der Waals surface area contributed by atoms with Gasteiger partial charge in [0.15, 0.2) is 0 Å². The van der Waals surface area contributed by atoms with E-state index in [1.165, 1.54) is 15.6 Å². The van der Waals surface area contributed by atoms with Crippen molar-refractivity contribution < 1.29 is 17.9 Å². The smallest absolute Gasteiger partial charge is 0.252 e. The molecule has 0 radical (unpaired) electrons. The van der Waals surface area contributed by atoms with E-state index in [4.69, 9.17) is 4.74 Å². The summed E-state index contributed by atoms with van der Waals surface area (Å²) in [6, 6.07) is 3.35. The first-order valence-electron chi connectivity index (χ1n) is 8.83. The normalized spacial score (nSPS) is 15.8. The third-order valence-electron chi connectivity index (χ3n) is 3.87. The van der Waals surface area contributed by atoms with Gasteiger partial charge < -0.3 is 10.1 Å². The van der Waals surface area contributed by atoms with Crippen LogP contribution in [0, 0.1) is 5.92 Å². The SMILES string of the molecule is CC(C)COCCCNC(=O)Cc1ccc(S(=O)(=O)N2CCCC2)s1. The number of nitrogens with zero attached hydrogens (tertiary/aromatic N) is 1. The number of nitrogens with one attached hydrogen (secondary N) is 1. The Morgan fingerprint density at radius 2 is 2.04 bits per heavy atom. The van der Waals surface area contributed by atoms with Gasteiger partial charge in [-0.2, -0.15) is 4.31 Å². The highest BCUT2D eigenvalue weighted by Gasteiger charge is 2.28. The Labute approximate surface area is 154 Å². The molecule has 1 aliphatic rings. The van der Waals surface area contributed by atoms with Gasteiger partial charge in [0.05, 0.1) is 6.42 Å². The van der Waals surface area contributed by atoms with Crippen molar-refractivity contribution in [2.75, 3.05) is 32.8 Å². The van der Waals surface area contributed by atoms with Crippen LogP contribution in [0.1, 0.15) is 38.0 Å². The van der Waals surface area contributed by atoms with Gasteiger partial charge in [0.25, 0.3) is 10.0 Å². The maximum Gasteiger partial charge on any atom is 0.252 e. The lowest BCUT2D eigenvalue weighted by molar-refractivity contribution is -0.120. The van der Waals surface area contributed by atoms with E-state index in [2.05, 4.69) is 19.2 Å². The van der Waals surface area contributed by atoms with Gasteiger partial charge in [-0.3, -0.25) is 4.79 Å². The van der Waals surface area contributed by atoms with Crippen molar-refractivity contribution in [1.29, 1.82) is 0 Å². The molecule has 1 fully saturated rings. The lowest BCUT2D eigenvalue weighted by atomic mass is 10.2. The fourth-order valence-corrected chi connectivity index (χ4v) is 5.62. The third-order valence-corrected chi connectivity index (χ3v) is 7.32. The van der Waals surface area contributed by atoms with Crippen LogP contribution >= 0.6 is 11.3 Å². The molecule has 0 unspecified atom stereocenters. The molecule has 0 spiro atoms. The van der Waals surface area contributed by atoms with Crippen molar-refractivity contribution in [3.8, 4) is 0 Å². The predicted octanol–water partition coefficient (Wildman–Crippen LogP) is 2.25. The quantitative estimate of drug-likeness (QED) is 0.624. The standard InChI is InChI=1S/C17H28N2O4S2/c1-14(2)13-23-11-5-8-18-16(20)12-15-6-7-17(24-15)25(21,22)19-9-3-4-10-19/h6-7,14H,3-5,8-13H2,1-2H3,(H,18,20). The van der Waals surface area contributed by atoms with Crippen molar-refractivity contribution in [2.24, 2.45) is 5.92 Å². The highest BCUT2D eigenvalue weighted by Crippen LogP contribution is 2.27. The summed E-state index contributed by atoms with van der Waals surface area (Å²) in [4.78, 5) is 12.7. The van der Waals surface area contributed by atoms with E-state index in [1.54, 1.807) is 12.1 Å². The first kappa shape index (κ1) is 20.4. The summed E-state index contributed by atoms with van der Waals surface area (Å²) in [5, 5.41) is 2.85. The summed E-state index contributed by atoms with van der Waals surface area (Å²) in [7, 11) is -3.38. The Hall–Kier alpha value is -0.960. The number of sulfonamides is 1. The summed E-state index contributed by atoms with van der Waals surface area (Å²) >= 11 is 1.19. The summed E-state index contributed by atoms with van der Waals surface area (Å²) < 4.78 is 32.3. The minimum absolute atomic E-state index is 0.0872. The average Bonchev–Trinajstić information content (AvgIpc) is 3.22. The molecule has 1 aromatic rings. The molecule has 2 rings (SSSR count). The Morgan fingerprint density at radius 1 is 1.32 bits per heavy atom. The van der Waals surface area contributed by atoms with Crippen molar-refractivity contribution in [3.63, 3.8) is 0 Å². The van der Waals surface area contributed by atoms with Crippen molar-refractivity contribution in [3.05, 3.63) is 17.0 Å². The molecule has 1 aromatic heterocycles. The molecule has 1 amide bonds. The first-order valence-corrected chi connectivity index (χ1v) is 11.1. The van der Waals surface area contributed by atoms with E-state index < -0.39 is 10.0 Å². The van der Waals surface area contributed by atoms with E-state index in [1.807, 2.05) is 0 Å². The van der Waals surface area contributed by atoms with Crippen molar-refractivity contribution >= 4 is 27.3 Å². The Kier molecular flexibility index (Phi) is 7.86. The zero-order chi connectivity index (χ0) is 18.3. The van der Waals surface area contributed by atoms with Gasteiger partial charge in [-0.25, -0.2) is 8.42 Å². The summed E-state index contributed by atoms with van der Waals surface area (Å²) in [5.41, 5.74) is 0. The van der Waals surface area contributed by atoms with Crippen LogP contribution in [0.5, 0.6) is 0 Å². The lowest BCUT2D eigenvalue weighted by Gasteiger charge is -2.13. The summed E-state index contributed by atoms with van der Waals surface area (Å²) in [6.45, 7) is 7.32. The number of rotatable bonds is 10. The highest BCUT2D eigenvalue weighted by molar-refractivity contribution is 7.91. The number of hydrogen-bond donors (Lipinski definition) is 1. The number of thiophene rings is 1. The molecule has 1 saturated heterocycles. The van der Waals surface area contributed by atoms with Crippen LogP contribution in [0.2, 0.25) is 0 Å². The zero-order valence-electron chi connectivity index (χ0n) is 15.0. The molecule has 1 aliphatic heterocycles. The molecule has 8 heteroatoms. The topological polar surface area (TPSA) is 75.7 Å². The molecule has 0 aliphatic carbocycles. The highest BCUT2D eigenvalue weighted by atomic mass is 32.2. The summed E-state index contributed by atoms with van der Waals surface area (Å²) in [6.07, 6.45) is 2.83. The third kappa shape index (κ3) is 6.36. The average molecular weight is 389 g/mol. The molecular formula is C17H28N2O4S2. The van der Waals surface area contributed by atoms with Gasteiger partial charge in [-0.05, 0) is 37.3 Å². The number of carbonyl (C=O) groups excluding carboxylic acids is 1. The minimum atomic E-state index is -3.38. The van der Waals surface area contributed by atoms with Gasteiger partial charge in [-0.15, -0.1) is 11.3 Å². The fraction of sp³-hybridized carbons (Fsp3) is 0.706. The van der Waals surface area contributed by atoms with Crippen LogP contribution in [-0.4, -0.2) is 51.5 Å². The van der Waals surface area contributed by atoms with E-state index in [-0.39, 0.29) is 12.3 Å². The summed E-state index contributed by atoms with van der Waals surface area (Å²) in [5.74, 6) is 0.426. The molecule has 25 heavy (non-hydrogen) atoms. The lowest BCUT2D eigenvalue weighted by Crippen LogP contribution is -2.27. The predicted molar refractivity (Wildman–Crippen MR) is 99.3 cm³/mol. The van der Waals surface area contributed by atoms with Gasteiger partial charge in [0.1, 0.15) is 4.21 Å². The fourth-order valence-electron chi connectivity index (χ4n) is 2.59. The second-order valence-electron chi connectivity index (χ2n) is 6.68. The first-order chi connectivity index (χ1) is 11.9. The van der Waals surface area contributed by atoms with Gasteiger partial charge in [0.2, 0.25) is 5.91 Å². The molecule has 2 heterocycles. The second-order valence-corrected chi connectivity index (χ2v) is 10.0. The van der Waals surface area contributed by atoms with E-state index >= 15 is 0 Å². The number of amides is 1. The van der Waals surface area contributed by atoms with E-state index in [9.17, 15) is 13.2 Å². The van der Waals surface area contributed by atoms with Crippen LogP contribution in [0.3, 0.4) is 0 Å². The van der Waals surface area contributed by atoms with E-state index in [0.29, 0.717) is 36.4 Å². The van der Waals surface area contributed by atoms with Crippen molar-refractivity contribution in [1.82, 2.24) is 9.62 Å². The van der Waals surface area contributed by atoms with Gasteiger partial charge >= 0.3 is 0 Å². The Balaban J connectivity index is 1.74. The molecule has 0 saturated carbocycles. The minimum Gasteiger partial charge on any atom is -0.381 e. The molecular weight excluding hydrogens is 360 g/mol. The molecule has 0 bridgehead atoms. The number of hydrogen-bond acceptors (Lipinski definition) is 5.